The van der Waals surface area contributed by atoms with Crippen LogP contribution in [0.1, 0.15) is 38.3 Å². The van der Waals surface area contributed by atoms with E-state index in [0.29, 0.717) is 5.56 Å². The van der Waals surface area contributed by atoms with Gasteiger partial charge < -0.3 is 15.4 Å². The quantitative estimate of drug-likeness (QED) is 0.914. The first-order chi connectivity index (χ1) is 8.97. The zero-order valence-corrected chi connectivity index (χ0v) is 11.9. The van der Waals surface area contributed by atoms with Crippen LogP contribution in [-0.4, -0.2) is 25.8 Å². The number of nitrogens with zero attached hydrogens (tertiary/aromatic N) is 1. The van der Waals surface area contributed by atoms with Crippen molar-refractivity contribution in [3.8, 4) is 0 Å². The molecular formula is C15H23FN2O. The van der Waals surface area contributed by atoms with Crippen LogP contribution < -0.4 is 10.6 Å². The minimum absolute atomic E-state index is 0.167. The molecule has 0 aliphatic carbocycles. The van der Waals surface area contributed by atoms with E-state index in [-0.39, 0.29) is 17.5 Å². The van der Waals surface area contributed by atoms with Crippen molar-refractivity contribution in [2.45, 2.75) is 38.3 Å². The third kappa shape index (κ3) is 2.90. The van der Waals surface area contributed by atoms with Gasteiger partial charge in [0.2, 0.25) is 0 Å². The van der Waals surface area contributed by atoms with E-state index in [0.717, 1.165) is 31.6 Å². The first kappa shape index (κ1) is 14.3. The summed E-state index contributed by atoms with van der Waals surface area (Å²) in [7, 11) is 1.74. The summed E-state index contributed by atoms with van der Waals surface area (Å²) in [5.74, 6) is -0.225. The molecule has 1 aromatic carbocycles. The van der Waals surface area contributed by atoms with Gasteiger partial charge >= 0.3 is 0 Å². The average molecular weight is 266 g/mol. The number of ether oxygens (including phenoxy) is 1. The maximum absolute atomic E-state index is 14.0. The lowest BCUT2D eigenvalue weighted by Crippen LogP contribution is -2.48. The van der Waals surface area contributed by atoms with Gasteiger partial charge in [-0.2, -0.15) is 0 Å². The van der Waals surface area contributed by atoms with Gasteiger partial charge in [0.1, 0.15) is 5.82 Å². The molecule has 0 radical (unpaired) electrons. The number of benzene rings is 1. The van der Waals surface area contributed by atoms with E-state index in [1.807, 2.05) is 13.0 Å². The number of nitrogens with two attached hydrogens (primary N) is 1. The predicted molar refractivity (Wildman–Crippen MR) is 75.9 cm³/mol. The molecule has 1 unspecified atom stereocenters. The molecule has 1 heterocycles. The van der Waals surface area contributed by atoms with Gasteiger partial charge in [0, 0.05) is 37.5 Å². The zero-order chi connectivity index (χ0) is 14.0. The van der Waals surface area contributed by atoms with E-state index in [2.05, 4.69) is 11.8 Å². The summed E-state index contributed by atoms with van der Waals surface area (Å²) in [5.41, 5.74) is 7.26. The van der Waals surface area contributed by atoms with Crippen molar-refractivity contribution in [3.05, 3.63) is 29.6 Å². The molecule has 0 bridgehead atoms. The van der Waals surface area contributed by atoms with Crippen molar-refractivity contribution >= 4 is 5.69 Å². The smallest absolute Gasteiger partial charge is 0.130 e. The van der Waals surface area contributed by atoms with Gasteiger partial charge in [-0.3, -0.25) is 0 Å². The largest absolute Gasteiger partial charge is 0.377 e. The molecule has 0 amide bonds. The highest BCUT2D eigenvalue weighted by atomic mass is 19.1. The van der Waals surface area contributed by atoms with E-state index in [9.17, 15) is 4.39 Å². The second-order valence-electron chi connectivity index (χ2n) is 5.64. The van der Waals surface area contributed by atoms with Crippen LogP contribution in [0, 0.1) is 5.82 Å². The van der Waals surface area contributed by atoms with Gasteiger partial charge in [-0.05, 0) is 38.8 Å². The molecule has 106 valence electrons. The summed E-state index contributed by atoms with van der Waals surface area (Å²) in [6.45, 7) is 5.61. The topological polar surface area (TPSA) is 38.5 Å². The fourth-order valence-corrected chi connectivity index (χ4v) is 2.83. The molecule has 2 N–H and O–H groups in total. The number of piperidine rings is 1. The Balaban J connectivity index is 2.34. The number of rotatable bonds is 3. The first-order valence-corrected chi connectivity index (χ1v) is 6.81. The lowest BCUT2D eigenvalue weighted by atomic mass is 9.93. The van der Waals surface area contributed by atoms with Crippen LogP contribution >= 0.6 is 0 Å². The van der Waals surface area contributed by atoms with Crippen LogP contribution in [0.2, 0.25) is 0 Å². The number of hydrogen-bond acceptors (Lipinski definition) is 3. The van der Waals surface area contributed by atoms with E-state index in [1.54, 1.807) is 13.2 Å². The summed E-state index contributed by atoms with van der Waals surface area (Å²) in [6, 6.07) is 4.85. The van der Waals surface area contributed by atoms with Crippen LogP contribution in [0.5, 0.6) is 0 Å². The molecule has 4 heteroatoms. The Bertz CT molecular complexity index is 450. The monoisotopic (exact) mass is 266 g/mol. The second kappa shape index (κ2) is 5.47. The SMILES string of the molecule is COC1(C)CCCN(c2cccc(F)c2[C@H](C)N)C1. The Morgan fingerprint density at radius 1 is 1.47 bits per heavy atom. The normalized spacial score (nSPS) is 25.4. The van der Waals surface area contributed by atoms with E-state index < -0.39 is 0 Å². The van der Waals surface area contributed by atoms with Gasteiger partial charge in [-0.25, -0.2) is 4.39 Å². The first-order valence-electron chi connectivity index (χ1n) is 6.81. The number of hydrogen-bond donors (Lipinski definition) is 1. The predicted octanol–water partition coefficient (Wildman–Crippen LogP) is 2.85. The van der Waals surface area contributed by atoms with Crippen molar-refractivity contribution in [1.82, 2.24) is 0 Å². The van der Waals surface area contributed by atoms with Gasteiger partial charge in [-0.15, -0.1) is 0 Å². The lowest BCUT2D eigenvalue weighted by Gasteiger charge is -2.41. The summed E-state index contributed by atoms with van der Waals surface area (Å²) in [6.07, 6.45) is 2.07. The van der Waals surface area contributed by atoms with Crippen molar-refractivity contribution < 1.29 is 9.13 Å². The summed E-state index contributed by atoms with van der Waals surface area (Å²) >= 11 is 0. The minimum Gasteiger partial charge on any atom is -0.377 e. The molecule has 2 atom stereocenters. The molecule has 1 fully saturated rings. The third-order valence-corrected chi connectivity index (χ3v) is 3.98. The second-order valence-corrected chi connectivity index (χ2v) is 5.64. The van der Waals surface area contributed by atoms with Crippen LogP contribution in [0.3, 0.4) is 0 Å². The van der Waals surface area contributed by atoms with Gasteiger partial charge in [-0.1, -0.05) is 6.07 Å². The van der Waals surface area contributed by atoms with Crippen LogP contribution in [0.15, 0.2) is 18.2 Å². The fourth-order valence-electron chi connectivity index (χ4n) is 2.83. The molecule has 1 aliphatic rings. The van der Waals surface area contributed by atoms with Crippen molar-refractivity contribution in [3.63, 3.8) is 0 Å². The van der Waals surface area contributed by atoms with Crippen molar-refractivity contribution in [1.29, 1.82) is 0 Å². The molecule has 1 aromatic rings. The standard InChI is InChI=1S/C15H23FN2O/c1-11(17)14-12(16)6-4-7-13(14)18-9-5-8-15(2,10-18)19-3/h4,6-7,11H,5,8-10,17H2,1-3H3/t11-,15?/m0/s1. The molecule has 0 spiro atoms. The van der Waals surface area contributed by atoms with Crippen molar-refractivity contribution in [2.75, 3.05) is 25.1 Å². The Labute approximate surface area is 114 Å². The van der Waals surface area contributed by atoms with Crippen LogP contribution in [0.4, 0.5) is 10.1 Å². The van der Waals surface area contributed by atoms with Crippen LogP contribution in [0.25, 0.3) is 0 Å². The third-order valence-electron chi connectivity index (χ3n) is 3.98. The highest BCUT2D eigenvalue weighted by Crippen LogP contribution is 2.33. The summed E-state index contributed by atoms with van der Waals surface area (Å²) < 4.78 is 19.6. The Morgan fingerprint density at radius 3 is 2.84 bits per heavy atom. The van der Waals surface area contributed by atoms with Crippen molar-refractivity contribution in [2.24, 2.45) is 5.73 Å². The molecule has 0 saturated carbocycles. The molecule has 1 saturated heterocycles. The number of methoxy groups -OCH3 is 1. The minimum atomic E-state index is -0.313. The highest BCUT2D eigenvalue weighted by molar-refractivity contribution is 5.56. The molecule has 0 aromatic heterocycles. The van der Waals surface area contributed by atoms with E-state index in [4.69, 9.17) is 10.5 Å². The molecule has 2 rings (SSSR count). The zero-order valence-electron chi connectivity index (χ0n) is 11.9. The Hall–Kier alpha value is -1.13. The summed E-state index contributed by atoms with van der Waals surface area (Å²) in [5, 5.41) is 0. The van der Waals surface area contributed by atoms with Gasteiger partial charge in [0.25, 0.3) is 0 Å². The molecule has 19 heavy (non-hydrogen) atoms. The Kier molecular flexibility index (Phi) is 4.11. The summed E-state index contributed by atoms with van der Waals surface area (Å²) in [4.78, 5) is 2.19. The molecule has 1 aliphatic heterocycles. The highest BCUT2D eigenvalue weighted by Gasteiger charge is 2.32. The van der Waals surface area contributed by atoms with Gasteiger partial charge in [0.05, 0.1) is 5.60 Å². The van der Waals surface area contributed by atoms with E-state index >= 15 is 0 Å². The van der Waals surface area contributed by atoms with Gasteiger partial charge in [0.15, 0.2) is 0 Å². The van der Waals surface area contributed by atoms with Crippen LogP contribution in [-0.2, 0) is 4.74 Å². The molecule has 3 nitrogen and oxygen atoms in total. The fraction of sp³-hybridized carbons (Fsp3) is 0.600. The lowest BCUT2D eigenvalue weighted by molar-refractivity contribution is -0.00470. The number of halogens is 1. The average Bonchev–Trinajstić information content (AvgIpc) is 2.38. The maximum Gasteiger partial charge on any atom is 0.130 e. The Morgan fingerprint density at radius 2 is 2.21 bits per heavy atom. The van der Waals surface area contributed by atoms with E-state index in [1.165, 1.54) is 6.07 Å². The number of anilines is 1. The maximum atomic E-state index is 14.0. The molecular weight excluding hydrogens is 243 g/mol.